The summed E-state index contributed by atoms with van der Waals surface area (Å²) < 4.78 is 23.0. The second-order valence-electron chi connectivity index (χ2n) is 8.54. The van der Waals surface area contributed by atoms with Crippen molar-refractivity contribution in [3.63, 3.8) is 0 Å². The fourth-order valence-corrected chi connectivity index (χ4v) is 4.93. The number of pyridine rings is 1. The van der Waals surface area contributed by atoms with Gasteiger partial charge >= 0.3 is 11.9 Å². The van der Waals surface area contributed by atoms with Crippen LogP contribution in [0.3, 0.4) is 0 Å². The predicted octanol–water partition coefficient (Wildman–Crippen LogP) is 3.10. The van der Waals surface area contributed by atoms with Gasteiger partial charge in [0.1, 0.15) is 17.9 Å². The van der Waals surface area contributed by atoms with Gasteiger partial charge in [-0.15, -0.1) is 0 Å². The Morgan fingerprint density at radius 3 is 2.55 bits per heavy atom. The van der Waals surface area contributed by atoms with E-state index in [1.807, 2.05) is 37.3 Å². The molecule has 0 saturated carbocycles. The molecule has 33 heavy (non-hydrogen) atoms. The molecule has 0 bridgehead atoms. The van der Waals surface area contributed by atoms with Crippen molar-refractivity contribution in [3.05, 3.63) is 69.8 Å². The number of anilines is 1. The Bertz CT molecular complexity index is 1350. The molecule has 2 aromatic carbocycles. The van der Waals surface area contributed by atoms with E-state index in [1.165, 1.54) is 6.20 Å². The van der Waals surface area contributed by atoms with E-state index in [0.29, 0.717) is 5.52 Å². The van der Waals surface area contributed by atoms with Gasteiger partial charge < -0.3 is 24.4 Å². The molecule has 0 radical (unpaired) electrons. The highest BCUT2D eigenvalue weighted by Gasteiger charge is 2.41. The van der Waals surface area contributed by atoms with Gasteiger partial charge in [-0.2, -0.15) is 0 Å². The third-order valence-corrected chi connectivity index (χ3v) is 6.55. The van der Waals surface area contributed by atoms with Gasteiger partial charge in [-0.3, -0.25) is 9.59 Å². The van der Waals surface area contributed by atoms with Gasteiger partial charge in [-0.05, 0) is 18.6 Å². The second kappa shape index (κ2) is 7.61. The van der Waals surface area contributed by atoms with Crippen molar-refractivity contribution in [1.29, 1.82) is 0 Å². The van der Waals surface area contributed by atoms with E-state index in [9.17, 15) is 24.6 Å². The molecule has 8 nitrogen and oxygen atoms in total. The van der Waals surface area contributed by atoms with E-state index in [2.05, 4.69) is 0 Å². The minimum absolute atomic E-state index is 0.0701. The zero-order valence-corrected chi connectivity index (χ0v) is 17.7. The number of aromatic nitrogens is 1. The van der Waals surface area contributed by atoms with Gasteiger partial charge in [0, 0.05) is 25.2 Å². The van der Waals surface area contributed by atoms with Gasteiger partial charge in [0.2, 0.25) is 5.43 Å². The molecule has 5 rings (SSSR count). The first kappa shape index (κ1) is 21.0. The van der Waals surface area contributed by atoms with Crippen LogP contribution in [0, 0.1) is 11.7 Å². The van der Waals surface area contributed by atoms with E-state index in [0.717, 1.165) is 11.6 Å². The zero-order chi connectivity index (χ0) is 23.4. The predicted molar refractivity (Wildman–Crippen MR) is 118 cm³/mol. The number of halogens is 1. The number of carboxylic acid groups (broad SMARTS) is 2. The molecule has 9 heteroatoms. The second-order valence-corrected chi connectivity index (χ2v) is 8.54. The summed E-state index contributed by atoms with van der Waals surface area (Å²) in [6, 6.07) is 9.98. The quantitative estimate of drug-likeness (QED) is 0.626. The van der Waals surface area contributed by atoms with E-state index >= 15 is 4.39 Å². The number of carboxylic acids is 2. The monoisotopic (exact) mass is 452 g/mol. The third kappa shape index (κ3) is 3.23. The number of aromatic carboxylic acids is 1. The summed E-state index contributed by atoms with van der Waals surface area (Å²) >= 11 is 0. The standard InChI is InChI=1S/C24H21FN2O6/c1-12-11-33-22-19-14(21(28)17(24(31)32)10-27(12)19)7-18(25)20(22)26-8-15(16(9-26)23(29)30)13-5-3-2-4-6-13/h2-7,10,12,15-16H,8-9,11H2,1H3,(H,29,30)(H,31,32)/t12-,15+,16-/m0/s1. The highest BCUT2D eigenvalue weighted by atomic mass is 19.1. The van der Waals surface area contributed by atoms with Crippen molar-refractivity contribution in [1.82, 2.24) is 4.57 Å². The van der Waals surface area contributed by atoms with Crippen LogP contribution in [0.25, 0.3) is 10.9 Å². The fourth-order valence-electron chi connectivity index (χ4n) is 4.93. The van der Waals surface area contributed by atoms with E-state index < -0.39 is 34.7 Å². The SMILES string of the molecule is C[C@H]1COc2c(N3C[C@H](C(=O)O)[C@@H](c4ccccc4)C3)c(F)cc3c(=O)c(C(=O)O)cn1c23. The summed E-state index contributed by atoms with van der Waals surface area (Å²) in [5, 5.41) is 19.2. The first-order chi connectivity index (χ1) is 15.8. The molecular weight excluding hydrogens is 431 g/mol. The number of benzene rings is 2. The molecule has 170 valence electrons. The van der Waals surface area contributed by atoms with Crippen molar-refractivity contribution < 1.29 is 28.9 Å². The number of hydrogen-bond donors (Lipinski definition) is 2. The van der Waals surface area contributed by atoms with Gasteiger partial charge in [0.05, 0.1) is 22.9 Å². The number of nitrogens with zero attached hydrogens (tertiary/aromatic N) is 2. The summed E-state index contributed by atoms with van der Waals surface area (Å²) in [7, 11) is 0. The molecule has 2 N–H and O–H groups in total. The molecule has 0 aliphatic carbocycles. The van der Waals surface area contributed by atoms with Crippen LogP contribution < -0.4 is 15.1 Å². The molecular formula is C24H21FN2O6. The molecule has 0 unspecified atom stereocenters. The minimum Gasteiger partial charge on any atom is -0.487 e. The average molecular weight is 452 g/mol. The third-order valence-electron chi connectivity index (χ3n) is 6.55. The van der Waals surface area contributed by atoms with Crippen molar-refractivity contribution in [3.8, 4) is 5.75 Å². The van der Waals surface area contributed by atoms with E-state index in [-0.39, 0.29) is 48.5 Å². The van der Waals surface area contributed by atoms with E-state index in [1.54, 1.807) is 9.47 Å². The fraction of sp³-hybridized carbons (Fsp3) is 0.292. The molecule has 1 saturated heterocycles. The molecule has 2 aliphatic rings. The molecule has 0 spiro atoms. The van der Waals surface area contributed by atoms with Gasteiger partial charge in [-0.25, -0.2) is 9.18 Å². The highest BCUT2D eigenvalue weighted by Crippen LogP contribution is 2.45. The van der Waals surface area contributed by atoms with Crippen molar-refractivity contribution in [2.24, 2.45) is 5.92 Å². The van der Waals surface area contributed by atoms with Crippen LogP contribution in [-0.4, -0.2) is 46.4 Å². The number of carbonyl (C=O) groups is 2. The molecule has 0 amide bonds. The Hall–Kier alpha value is -3.88. The van der Waals surface area contributed by atoms with Crippen molar-refractivity contribution in [2.75, 3.05) is 24.6 Å². The maximum Gasteiger partial charge on any atom is 0.341 e. The maximum atomic E-state index is 15.5. The lowest BCUT2D eigenvalue weighted by Gasteiger charge is -2.31. The highest BCUT2D eigenvalue weighted by molar-refractivity contribution is 5.97. The Labute approximate surface area is 187 Å². The van der Waals surface area contributed by atoms with Crippen LogP contribution >= 0.6 is 0 Å². The van der Waals surface area contributed by atoms with E-state index in [4.69, 9.17) is 4.74 Å². The summed E-state index contributed by atoms with van der Waals surface area (Å²) in [6.07, 6.45) is 1.27. The number of aliphatic carboxylic acids is 1. The van der Waals surface area contributed by atoms with Crippen molar-refractivity contribution >= 4 is 28.5 Å². The molecule has 3 heterocycles. The lowest BCUT2D eigenvalue weighted by Crippen LogP contribution is -2.29. The number of rotatable bonds is 4. The molecule has 2 aliphatic heterocycles. The van der Waals surface area contributed by atoms with Crippen LogP contribution in [0.4, 0.5) is 10.1 Å². The largest absolute Gasteiger partial charge is 0.487 e. The lowest BCUT2D eigenvalue weighted by molar-refractivity contribution is -0.141. The summed E-state index contributed by atoms with van der Waals surface area (Å²) in [5.74, 6) is -4.09. The first-order valence-corrected chi connectivity index (χ1v) is 10.6. The van der Waals surface area contributed by atoms with Crippen LogP contribution in [0.15, 0.2) is 47.4 Å². The Morgan fingerprint density at radius 1 is 1.15 bits per heavy atom. The Balaban J connectivity index is 1.69. The summed E-state index contributed by atoms with van der Waals surface area (Å²) in [5.41, 5.74) is 0.0287. The maximum absolute atomic E-state index is 15.5. The molecule has 1 aromatic heterocycles. The number of ether oxygens (including phenoxy) is 1. The van der Waals surface area contributed by atoms with Crippen LogP contribution in [0.2, 0.25) is 0 Å². The normalized spacial score (nSPS) is 21.8. The lowest BCUT2D eigenvalue weighted by atomic mass is 9.89. The first-order valence-electron chi connectivity index (χ1n) is 10.6. The van der Waals surface area contributed by atoms with Gasteiger partial charge in [0.15, 0.2) is 11.6 Å². The van der Waals surface area contributed by atoms with Crippen LogP contribution in [-0.2, 0) is 4.79 Å². The molecule has 3 aromatic rings. The smallest absolute Gasteiger partial charge is 0.341 e. The summed E-state index contributed by atoms with van der Waals surface area (Å²) in [4.78, 5) is 38.0. The average Bonchev–Trinajstić information content (AvgIpc) is 3.23. The Morgan fingerprint density at radius 2 is 1.88 bits per heavy atom. The van der Waals surface area contributed by atoms with Crippen molar-refractivity contribution in [2.45, 2.75) is 18.9 Å². The van der Waals surface area contributed by atoms with Gasteiger partial charge in [0.25, 0.3) is 0 Å². The number of hydrogen-bond acceptors (Lipinski definition) is 5. The molecule has 3 atom stereocenters. The van der Waals surface area contributed by atoms with Crippen LogP contribution in [0.5, 0.6) is 5.75 Å². The van der Waals surface area contributed by atoms with Crippen LogP contribution in [0.1, 0.15) is 34.8 Å². The zero-order valence-electron chi connectivity index (χ0n) is 17.7. The topological polar surface area (TPSA) is 109 Å². The minimum atomic E-state index is -1.38. The Kier molecular flexibility index (Phi) is 4.84. The molecule has 1 fully saturated rings. The van der Waals surface area contributed by atoms with Gasteiger partial charge in [-0.1, -0.05) is 30.3 Å². The summed E-state index contributed by atoms with van der Waals surface area (Å²) in [6.45, 7) is 2.29.